The number of ether oxygens (including phenoxy) is 7. The predicted molar refractivity (Wildman–Crippen MR) is 207 cm³/mol. The van der Waals surface area contributed by atoms with Crippen molar-refractivity contribution in [2.75, 3.05) is 85.5 Å². The summed E-state index contributed by atoms with van der Waals surface area (Å²) >= 11 is 0. The Balaban J connectivity index is 0.969. The van der Waals surface area contributed by atoms with Crippen LogP contribution in [0.15, 0.2) is 48.2 Å². The molecule has 1 aliphatic carbocycles. The topological polar surface area (TPSA) is 105 Å². The van der Waals surface area contributed by atoms with Gasteiger partial charge in [-0.3, -0.25) is 9.80 Å². The Morgan fingerprint density at radius 3 is 1.98 bits per heavy atom. The Kier molecular flexibility index (Phi) is 15.5. The van der Waals surface area contributed by atoms with Crippen LogP contribution in [0.1, 0.15) is 74.3 Å². The number of piperazine rings is 1. The van der Waals surface area contributed by atoms with Gasteiger partial charge in [-0.2, -0.15) is 0 Å². The van der Waals surface area contributed by atoms with Crippen molar-refractivity contribution >= 4 is 17.5 Å². The van der Waals surface area contributed by atoms with E-state index < -0.39 is 11.2 Å². The summed E-state index contributed by atoms with van der Waals surface area (Å²) in [5, 5.41) is 0. The number of hydrogen-bond donors (Lipinski definition) is 0. The zero-order valence-corrected chi connectivity index (χ0v) is 33.4. The van der Waals surface area contributed by atoms with E-state index in [-0.39, 0.29) is 24.6 Å². The van der Waals surface area contributed by atoms with Gasteiger partial charge in [0, 0.05) is 39.3 Å². The summed E-state index contributed by atoms with van der Waals surface area (Å²) in [5.74, 6) is 0.0107. The number of rotatable bonds is 19. The first-order valence-electron chi connectivity index (χ1n) is 19.7. The van der Waals surface area contributed by atoms with Crippen molar-refractivity contribution in [3.05, 3.63) is 76.0 Å². The molecule has 0 radical (unpaired) electrons. The lowest BCUT2D eigenvalue weighted by molar-refractivity contribution is -0.160. The molecule has 3 aliphatic rings. The van der Waals surface area contributed by atoms with E-state index >= 15 is 0 Å². The van der Waals surface area contributed by atoms with E-state index in [1.807, 2.05) is 51.1 Å². The van der Waals surface area contributed by atoms with Crippen molar-refractivity contribution < 1.29 is 42.7 Å². The lowest BCUT2D eigenvalue weighted by atomic mass is 9.80. The van der Waals surface area contributed by atoms with Gasteiger partial charge < -0.3 is 33.2 Å². The third-order valence-electron chi connectivity index (χ3n) is 10.2. The van der Waals surface area contributed by atoms with Gasteiger partial charge in [-0.25, -0.2) is 9.59 Å². The second-order valence-corrected chi connectivity index (χ2v) is 15.8. The van der Waals surface area contributed by atoms with Crippen LogP contribution in [0.4, 0.5) is 0 Å². The highest BCUT2D eigenvalue weighted by atomic mass is 16.6. The number of carbonyl (C=O) groups is 2. The molecule has 2 heterocycles. The molecule has 0 atom stereocenters. The normalized spacial score (nSPS) is 21.1. The number of carbonyl (C=O) groups excluding carboxylic acids is 2. The van der Waals surface area contributed by atoms with Crippen molar-refractivity contribution in [1.29, 1.82) is 0 Å². The Morgan fingerprint density at radius 1 is 0.815 bits per heavy atom. The molecule has 2 aliphatic heterocycles. The Morgan fingerprint density at radius 2 is 1.39 bits per heavy atom. The molecular weight excluding hydrogens is 688 g/mol. The Labute approximate surface area is 322 Å². The number of nitrogens with zero attached hydrogens (tertiary/aromatic N) is 2. The van der Waals surface area contributed by atoms with Gasteiger partial charge in [0.25, 0.3) is 0 Å². The van der Waals surface area contributed by atoms with Crippen LogP contribution in [-0.4, -0.2) is 125 Å². The fraction of sp³-hybridized carbons (Fsp3) is 0.628. The van der Waals surface area contributed by atoms with Crippen LogP contribution < -0.4 is 0 Å². The quantitative estimate of drug-likeness (QED) is 0.129. The van der Waals surface area contributed by atoms with Crippen LogP contribution >= 0.6 is 0 Å². The standard InChI is InChI=1S/C43H62N2O9/c1-32-28-33(2)38(34(3)29-32)39-40(52-30-35-10-8-7-9-11-35)43(54-41(39)47)14-12-36(13-15-43)51-27-26-49-23-21-45-18-16-44(17-19-45)20-22-48-24-25-50-31-37(46)53-42(4,5)6/h7-11,28-29,36H,12-27,30-31H2,1-6H3. The van der Waals surface area contributed by atoms with E-state index in [1.165, 1.54) is 5.56 Å². The summed E-state index contributed by atoms with van der Waals surface area (Å²) in [5.41, 5.74) is 4.53. The summed E-state index contributed by atoms with van der Waals surface area (Å²) in [7, 11) is 0. The van der Waals surface area contributed by atoms with Gasteiger partial charge in [-0.15, -0.1) is 0 Å². The first-order valence-corrected chi connectivity index (χ1v) is 19.7. The maximum atomic E-state index is 13.6. The van der Waals surface area contributed by atoms with Crippen molar-refractivity contribution in [2.24, 2.45) is 0 Å². The summed E-state index contributed by atoms with van der Waals surface area (Å²) in [4.78, 5) is 30.2. The molecule has 2 aromatic carbocycles. The maximum absolute atomic E-state index is 13.6. The van der Waals surface area contributed by atoms with Gasteiger partial charge in [0.15, 0.2) is 11.4 Å². The van der Waals surface area contributed by atoms with Crippen molar-refractivity contribution in [3.63, 3.8) is 0 Å². The minimum atomic E-state index is -0.780. The molecule has 11 heteroatoms. The molecule has 0 amide bonds. The Bertz CT molecular complexity index is 1510. The summed E-state index contributed by atoms with van der Waals surface area (Å²) in [6.45, 7) is 21.0. The molecule has 2 fully saturated rings. The number of esters is 2. The van der Waals surface area contributed by atoms with E-state index in [2.05, 4.69) is 42.7 Å². The van der Waals surface area contributed by atoms with Crippen molar-refractivity contribution in [2.45, 2.75) is 91.1 Å². The summed E-state index contributed by atoms with van der Waals surface area (Å²) < 4.78 is 41.3. The highest BCUT2D eigenvalue weighted by Gasteiger charge is 2.52. The zero-order valence-electron chi connectivity index (χ0n) is 33.4. The van der Waals surface area contributed by atoms with Crippen LogP contribution in [0.2, 0.25) is 0 Å². The Hall–Kier alpha value is -3.32. The van der Waals surface area contributed by atoms with Crippen LogP contribution in [-0.2, 0) is 49.4 Å². The second-order valence-electron chi connectivity index (χ2n) is 15.8. The van der Waals surface area contributed by atoms with E-state index in [0.717, 1.165) is 74.4 Å². The lowest BCUT2D eigenvalue weighted by Crippen LogP contribution is -2.48. The molecule has 1 saturated carbocycles. The molecule has 298 valence electrons. The molecule has 0 N–H and O–H groups in total. The molecule has 0 unspecified atom stereocenters. The van der Waals surface area contributed by atoms with Gasteiger partial charge in [-0.05, 0) is 89.5 Å². The van der Waals surface area contributed by atoms with Gasteiger partial charge in [0.2, 0.25) is 0 Å². The predicted octanol–water partition coefficient (Wildman–Crippen LogP) is 5.80. The van der Waals surface area contributed by atoms with Crippen LogP contribution in [0, 0.1) is 20.8 Å². The van der Waals surface area contributed by atoms with E-state index in [4.69, 9.17) is 33.2 Å². The average molecular weight is 751 g/mol. The maximum Gasteiger partial charge on any atom is 0.343 e. The van der Waals surface area contributed by atoms with Crippen LogP contribution in [0.25, 0.3) is 5.57 Å². The number of hydrogen-bond acceptors (Lipinski definition) is 11. The molecule has 0 aromatic heterocycles. The zero-order chi connectivity index (χ0) is 38.6. The average Bonchev–Trinajstić information content (AvgIpc) is 3.38. The molecule has 1 spiro atoms. The fourth-order valence-electron chi connectivity index (χ4n) is 7.62. The smallest absolute Gasteiger partial charge is 0.343 e. The van der Waals surface area contributed by atoms with Gasteiger partial charge in [0.1, 0.15) is 24.4 Å². The summed E-state index contributed by atoms with van der Waals surface area (Å²) in [6.07, 6.45) is 2.96. The molecule has 1 saturated heterocycles. The van der Waals surface area contributed by atoms with Gasteiger partial charge in [0.05, 0.1) is 45.7 Å². The van der Waals surface area contributed by atoms with Gasteiger partial charge in [-0.1, -0.05) is 48.0 Å². The van der Waals surface area contributed by atoms with Crippen molar-refractivity contribution in [1.82, 2.24) is 9.80 Å². The monoisotopic (exact) mass is 750 g/mol. The third-order valence-corrected chi connectivity index (χ3v) is 10.2. The molecular formula is C43H62N2O9. The number of benzene rings is 2. The van der Waals surface area contributed by atoms with E-state index in [0.29, 0.717) is 70.4 Å². The SMILES string of the molecule is Cc1cc(C)c(C2=C(OCc3ccccc3)C3(CCC(OCCOCCN4CCN(CCOCCOCC(=O)OC(C)(C)C)CC4)CC3)OC2=O)c(C)c1. The first-order chi connectivity index (χ1) is 25.9. The lowest BCUT2D eigenvalue weighted by Gasteiger charge is -2.37. The molecule has 2 aromatic rings. The second kappa shape index (κ2) is 20.0. The van der Waals surface area contributed by atoms with Crippen LogP contribution in [0.3, 0.4) is 0 Å². The van der Waals surface area contributed by atoms with Gasteiger partial charge >= 0.3 is 11.9 Å². The molecule has 54 heavy (non-hydrogen) atoms. The van der Waals surface area contributed by atoms with E-state index in [9.17, 15) is 9.59 Å². The van der Waals surface area contributed by atoms with E-state index in [1.54, 1.807) is 0 Å². The van der Waals surface area contributed by atoms with Crippen molar-refractivity contribution in [3.8, 4) is 0 Å². The molecule has 11 nitrogen and oxygen atoms in total. The first kappa shape index (κ1) is 41.8. The number of aryl methyl sites for hydroxylation is 3. The van der Waals surface area contributed by atoms with Crippen LogP contribution in [0.5, 0.6) is 0 Å². The molecule has 5 rings (SSSR count). The molecule has 0 bridgehead atoms. The summed E-state index contributed by atoms with van der Waals surface area (Å²) in [6, 6.07) is 14.3. The largest absolute Gasteiger partial charge is 0.488 e. The highest BCUT2D eigenvalue weighted by molar-refractivity contribution is 6.20. The minimum Gasteiger partial charge on any atom is -0.488 e. The third kappa shape index (κ3) is 12.3. The fourth-order valence-corrected chi connectivity index (χ4v) is 7.62. The minimum absolute atomic E-state index is 0.0542. The highest BCUT2D eigenvalue weighted by Crippen LogP contribution is 2.48.